The van der Waals surface area contributed by atoms with Crippen LogP contribution in [0.5, 0.6) is 5.75 Å². The van der Waals surface area contributed by atoms with Crippen LogP contribution < -0.4 is 10.3 Å². The lowest BCUT2D eigenvalue weighted by molar-refractivity contribution is -0.384. The van der Waals surface area contributed by atoms with Crippen molar-refractivity contribution in [3.8, 4) is 17.1 Å². The van der Waals surface area contributed by atoms with Gasteiger partial charge >= 0.3 is 6.18 Å². The fraction of sp³-hybridized carbons (Fsp3) is 0.0606. The Labute approximate surface area is 247 Å². The van der Waals surface area contributed by atoms with E-state index in [0.29, 0.717) is 22.4 Å². The summed E-state index contributed by atoms with van der Waals surface area (Å²) in [5.41, 5.74) is 0.0876. The van der Waals surface area contributed by atoms with Crippen molar-refractivity contribution < 1.29 is 22.8 Å². The number of ether oxygens (including phenoxy) is 1. The molecule has 1 heterocycles. The van der Waals surface area contributed by atoms with Crippen LogP contribution in [-0.4, -0.2) is 20.8 Å². The summed E-state index contributed by atoms with van der Waals surface area (Å²) in [7, 11) is 0. The first-order valence-electron chi connectivity index (χ1n) is 13.3. The molecule has 6 aromatic rings. The molecule has 11 heteroatoms. The van der Waals surface area contributed by atoms with Gasteiger partial charge in [0.1, 0.15) is 12.4 Å². The molecule has 0 radical (unpaired) electrons. The van der Waals surface area contributed by atoms with E-state index in [-0.39, 0.29) is 29.1 Å². The molecule has 44 heavy (non-hydrogen) atoms. The quantitative estimate of drug-likeness (QED) is 0.108. The first kappa shape index (κ1) is 28.3. The van der Waals surface area contributed by atoms with Gasteiger partial charge in [-0.1, -0.05) is 54.6 Å². The van der Waals surface area contributed by atoms with Gasteiger partial charge in [0.05, 0.1) is 27.6 Å². The van der Waals surface area contributed by atoms with E-state index in [1.165, 1.54) is 30.5 Å². The fourth-order valence-corrected chi connectivity index (χ4v) is 4.78. The molecule has 0 spiro atoms. The molecular weight excluding hydrogens is 573 g/mol. The van der Waals surface area contributed by atoms with Gasteiger partial charge in [-0.25, -0.2) is 4.98 Å². The number of benzene rings is 5. The molecule has 0 fully saturated rings. The van der Waals surface area contributed by atoms with Crippen molar-refractivity contribution in [1.29, 1.82) is 0 Å². The smallest absolute Gasteiger partial charge is 0.416 e. The van der Waals surface area contributed by atoms with E-state index in [4.69, 9.17) is 4.74 Å². The predicted octanol–water partition coefficient (Wildman–Crippen LogP) is 7.60. The van der Waals surface area contributed by atoms with Gasteiger partial charge in [-0.2, -0.15) is 22.9 Å². The third kappa shape index (κ3) is 5.62. The molecule has 0 aliphatic carbocycles. The van der Waals surface area contributed by atoms with Crippen LogP contribution in [0.3, 0.4) is 0 Å². The molecule has 6 rings (SSSR count). The summed E-state index contributed by atoms with van der Waals surface area (Å²) >= 11 is 0. The summed E-state index contributed by atoms with van der Waals surface area (Å²) < 4.78 is 47.8. The van der Waals surface area contributed by atoms with Gasteiger partial charge in [0.15, 0.2) is 5.82 Å². The number of nitrogens with zero attached hydrogens (tertiary/aromatic N) is 4. The first-order chi connectivity index (χ1) is 21.2. The number of fused-ring (bicyclic) bond motifs is 2. The molecule has 0 unspecified atom stereocenters. The molecule has 0 atom stereocenters. The Morgan fingerprint density at radius 3 is 2.36 bits per heavy atom. The van der Waals surface area contributed by atoms with Crippen LogP contribution in [0.15, 0.2) is 119 Å². The molecule has 0 N–H and O–H groups in total. The Morgan fingerprint density at radius 2 is 1.61 bits per heavy atom. The normalized spacial score (nSPS) is 11.8. The highest BCUT2D eigenvalue weighted by Crippen LogP contribution is 2.32. The molecule has 0 saturated carbocycles. The fourth-order valence-electron chi connectivity index (χ4n) is 4.78. The van der Waals surface area contributed by atoms with Gasteiger partial charge in [0.2, 0.25) is 0 Å². The molecule has 0 amide bonds. The van der Waals surface area contributed by atoms with E-state index in [2.05, 4.69) is 10.1 Å². The predicted molar refractivity (Wildman–Crippen MR) is 161 cm³/mol. The second-order valence-electron chi connectivity index (χ2n) is 9.80. The number of nitro groups is 1. The summed E-state index contributed by atoms with van der Waals surface area (Å²) in [4.78, 5) is 28.7. The van der Waals surface area contributed by atoms with Crippen molar-refractivity contribution in [2.45, 2.75) is 12.8 Å². The molecule has 0 saturated heterocycles. The maximum absolute atomic E-state index is 13.7. The number of para-hydroxylation sites is 1. The van der Waals surface area contributed by atoms with Gasteiger partial charge < -0.3 is 4.74 Å². The minimum atomic E-state index is -4.60. The van der Waals surface area contributed by atoms with Crippen molar-refractivity contribution in [3.05, 3.63) is 146 Å². The van der Waals surface area contributed by atoms with Crippen molar-refractivity contribution >= 4 is 33.6 Å². The van der Waals surface area contributed by atoms with Gasteiger partial charge in [0, 0.05) is 23.3 Å². The number of halogens is 3. The topological polar surface area (TPSA) is 99.6 Å². The highest BCUT2D eigenvalue weighted by molar-refractivity contribution is 6.02. The van der Waals surface area contributed by atoms with E-state index in [9.17, 15) is 28.1 Å². The van der Waals surface area contributed by atoms with E-state index in [0.717, 1.165) is 27.6 Å². The summed E-state index contributed by atoms with van der Waals surface area (Å²) in [6.45, 7) is 0.0874. The zero-order chi connectivity index (χ0) is 30.8. The molecule has 1 aromatic heterocycles. The monoisotopic (exact) mass is 594 g/mol. The minimum absolute atomic E-state index is 0.0433. The van der Waals surface area contributed by atoms with Crippen LogP contribution in [-0.2, 0) is 12.8 Å². The second kappa shape index (κ2) is 11.4. The third-order valence-electron chi connectivity index (χ3n) is 6.98. The molecule has 0 aliphatic rings. The number of hydrogen-bond donors (Lipinski definition) is 0. The van der Waals surface area contributed by atoms with Crippen LogP contribution in [0.1, 0.15) is 16.7 Å². The summed E-state index contributed by atoms with van der Waals surface area (Å²) in [5.74, 6) is 0.345. The zero-order valence-corrected chi connectivity index (χ0v) is 22.7. The summed E-state index contributed by atoms with van der Waals surface area (Å²) in [6.07, 6.45) is -3.18. The molecular formula is C33H21F3N4O4. The highest BCUT2D eigenvalue weighted by Gasteiger charge is 2.31. The van der Waals surface area contributed by atoms with E-state index in [1.807, 2.05) is 30.3 Å². The molecule has 0 bridgehead atoms. The number of nitro benzene ring substituents is 1. The lowest BCUT2D eigenvalue weighted by atomic mass is 10.0. The van der Waals surface area contributed by atoms with Crippen LogP contribution in [0.2, 0.25) is 0 Å². The first-order valence-corrected chi connectivity index (χ1v) is 13.3. The maximum atomic E-state index is 13.7. The Morgan fingerprint density at radius 1 is 0.886 bits per heavy atom. The van der Waals surface area contributed by atoms with Crippen molar-refractivity contribution in [1.82, 2.24) is 9.66 Å². The SMILES string of the molecule is O=c1c2ccccc2nc(-c2cccc(C(F)(F)F)c2)n1N=Cc1c(OCc2ccc([N+](=O)[O-])cc2)ccc2ccccc12. The Balaban J connectivity index is 1.47. The number of hydrogen-bond acceptors (Lipinski definition) is 6. The molecule has 0 aliphatic heterocycles. The zero-order valence-electron chi connectivity index (χ0n) is 22.7. The van der Waals surface area contributed by atoms with Crippen LogP contribution in [0, 0.1) is 10.1 Å². The largest absolute Gasteiger partial charge is 0.488 e. The van der Waals surface area contributed by atoms with E-state index >= 15 is 0 Å². The molecule has 5 aromatic carbocycles. The average Bonchev–Trinajstić information content (AvgIpc) is 3.03. The van der Waals surface area contributed by atoms with Gasteiger partial charge in [-0.05, 0) is 58.8 Å². The Hall–Kier alpha value is -5.84. The Kier molecular flexibility index (Phi) is 7.36. The van der Waals surface area contributed by atoms with Gasteiger partial charge in [-0.15, -0.1) is 0 Å². The molecule has 8 nitrogen and oxygen atoms in total. The van der Waals surface area contributed by atoms with Crippen LogP contribution in [0.25, 0.3) is 33.1 Å². The Bertz CT molecular complexity index is 2120. The lowest BCUT2D eigenvalue weighted by Crippen LogP contribution is -2.20. The van der Waals surface area contributed by atoms with Crippen LogP contribution in [0.4, 0.5) is 18.9 Å². The van der Waals surface area contributed by atoms with Gasteiger partial charge in [-0.3, -0.25) is 14.9 Å². The molecule has 218 valence electrons. The van der Waals surface area contributed by atoms with E-state index in [1.54, 1.807) is 42.5 Å². The van der Waals surface area contributed by atoms with Crippen LogP contribution >= 0.6 is 0 Å². The number of non-ortho nitro benzene ring substituents is 1. The third-order valence-corrected chi connectivity index (χ3v) is 6.98. The summed E-state index contributed by atoms with van der Waals surface area (Å²) in [6, 6.07) is 28.1. The maximum Gasteiger partial charge on any atom is 0.416 e. The lowest BCUT2D eigenvalue weighted by Gasteiger charge is -2.14. The van der Waals surface area contributed by atoms with Crippen molar-refractivity contribution in [3.63, 3.8) is 0 Å². The average molecular weight is 595 g/mol. The number of alkyl halides is 3. The van der Waals surface area contributed by atoms with E-state index < -0.39 is 22.2 Å². The van der Waals surface area contributed by atoms with Crippen molar-refractivity contribution in [2.75, 3.05) is 0 Å². The highest BCUT2D eigenvalue weighted by atomic mass is 19.4. The van der Waals surface area contributed by atoms with Gasteiger partial charge in [0.25, 0.3) is 11.2 Å². The number of rotatable bonds is 7. The minimum Gasteiger partial charge on any atom is -0.488 e. The summed E-state index contributed by atoms with van der Waals surface area (Å²) in [5, 5.41) is 17.3. The second-order valence-corrected chi connectivity index (χ2v) is 9.80. The standard InChI is InChI=1S/C33H21F3N4O4/c34-33(35,36)24-8-5-7-23(18-24)31-38-29-11-4-3-10-27(29)32(41)39(31)37-19-28-26-9-2-1-6-22(26)14-17-30(28)44-20-21-12-15-25(16-13-21)40(42)43/h1-19H,20H2. The number of aromatic nitrogens is 2. The van der Waals surface area contributed by atoms with Crippen molar-refractivity contribution in [2.24, 2.45) is 5.10 Å².